The largest absolute Gasteiger partial charge is 0.497 e. The molecule has 0 fully saturated rings. The highest BCUT2D eigenvalue weighted by Gasteiger charge is 2.09. The Balaban J connectivity index is 0.000000253. The summed E-state index contributed by atoms with van der Waals surface area (Å²) in [6.45, 7) is 3.88. The molecule has 4 heteroatoms. The first-order valence-corrected chi connectivity index (χ1v) is 7.60. The van der Waals surface area contributed by atoms with Gasteiger partial charge in [-0.2, -0.15) is 0 Å². The smallest absolute Gasteiger partial charge is 0.303 e. The lowest BCUT2D eigenvalue weighted by atomic mass is 9.98. The van der Waals surface area contributed by atoms with Crippen molar-refractivity contribution in [3.63, 3.8) is 0 Å². The van der Waals surface area contributed by atoms with Crippen molar-refractivity contribution >= 4 is 5.97 Å². The van der Waals surface area contributed by atoms with E-state index in [4.69, 9.17) is 15.6 Å². The molecule has 0 bridgehead atoms. The number of methoxy groups -OCH3 is 1. The number of ether oxygens (including phenoxy) is 1. The van der Waals surface area contributed by atoms with Crippen LogP contribution in [0.2, 0.25) is 0 Å². The van der Waals surface area contributed by atoms with E-state index < -0.39 is 5.97 Å². The predicted molar refractivity (Wildman–Crippen MR) is 92.7 cm³/mol. The minimum absolute atomic E-state index is 0.0402. The second-order valence-corrected chi connectivity index (χ2v) is 5.47. The Morgan fingerprint density at radius 2 is 1.61 bits per heavy atom. The van der Waals surface area contributed by atoms with Gasteiger partial charge in [-0.05, 0) is 36.1 Å². The molecule has 2 aromatic carbocycles. The van der Waals surface area contributed by atoms with E-state index in [0.717, 1.165) is 11.3 Å². The van der Waals surface area contributed by atoms with E-state index >= 15 is 0 Å². The quantitative estimate of drug-likeness (QED) is 0.875. The molecule has 0 aliphatic heterocycles. The summed E-state index contributed by atoms with van der Waals surface area (Å²) in [7, 11) is 1.61. The van der Waals surface area contributed by atoms with Gasteiger partial charge in [-0.1, -0.05) is 49.4 Å². The Hall–Kier alpha value is -2.33. The zero-order chi connectivity index (χ0) is 17.2. The lowest BCUT2D eigenvalue weighted by Gasteiger charge is -2.09. The maximum Gasteiger partial charge on any atom is 0.303 e. The fourth-order valence-corrected chi connectivity index (χ4v) is 2.07. The van der Waals surface area contributed by atoms with Gasteiger partial charge in [0.05, 0.1) is 13.5 Å². The normalized spacial score (nSPS) is 12.5. The lowest BCUT2D eigenvalue weighted by molar-refractivity contribution is -0.137. The molecule has 0 saturated heterocycles. The molecule has 2 atom stereocenters. The SMILES string of the molecule is CC(N)c1ccccc1.COc1ccc(C(C)CC(=O)O)cc1. The van der Waals surface area contributed by atoms with Gasteiger partial charge in [0.15, 0.2) is 0 Å². The fraction of sp³-hybridized carbons (Fsp3) is 0.316. The van der Waals surface area contributed by atoms with Gasteiger partial charge in [-0.25, -0.2) is 0 Å². The Labute approximate surface area is 137 Å². The molecule has 4 nitrogen and oxygen atoms in total. The van der Waals surface area contributed by atoms with Gasteiger partial charge in [-0.3, -0.25) is 4.79 Å². The van der Waals surface area contributed by atoms with Crippen molar-refractivity contribution in [2.45, 2.75) is 32.2 Å². The van der Waals surface area contributed by atoms with Crippen molar-refractivity contribution in [3.05, 3.63) is 65.7 Å². The van der Waals surface area contributed by atoms with Crippen LogP contribution in [0, 0.1) is 0 Å². The number of aliphatic carboxylic acids is 1. The minimum Gasteiger partial charge on any atom is -0.497 e. The van der Waals surface area contributed by atoms with Crippen LogP contribution in [-0.2, 0) is 4.79 Å². The minimum atomic E-state index is -0.770. The molecule has 0 saturated carbocycles. The highest BCUT2D eigenvalue weighted by Crippen LogP contribution is 2.21. The van der Waals surface area contributed by atoms with Gasteiger partial charge in [0.25, 0.3) is 0 Å². The number of hydrogen-bond donors (Lipinski definition) is 2. The molecule has 0 aromatic heterocycles. The van der Waals surface area contributed by atoms with Gasteiger partial charge in [0.2, 0.25) is 0 Å². The Kier molecular flexibility index (Phi) is 7.84. The summed E-state index contributed by atoms with van der Waals surface area (Å²) in [5, 5.41) is 8.62. The van der Waals surface area contributed by atoms with Crippen molar-refractivity contribution < 1.29 is 14.6 Å². The standard InChI is InChI=1S/C11H14O3.C8H11N/c1-8(7-11(12)13)9-3-5-10(14-2)6-4-9;1-7(9)8-5-3-2-4-6-8/h3-6,8H,7H2,1-2H3,(H,12,13);2-7H,9H2,1H3. The van der Waals surface area contributed by atoms with Crippen molar-refractivity contribution in [3.8, 4) is 5.75 Å². The molecular weight excluding hydrogens is 290 g/mol. The number of rotatable bonds is 5. The number of hydrogen-bond acceptors (Lipinski definition) is 3. The van der Waals surface area contributed by atoms with E-state index in [1.165, 1.54) is 5.56 Å². The molecule has 124 valence electrons. The van der Waals surface area contributed by atoms with Crippen LogP contribution in [0.5, 0.6) is 5.75 Å². The molecule has 0 radical (unpaired) electrons. The van der Waals surface area contributed by atoms with Gasteiger partial charge >= 0.3 is 5.97 Å². The van der Waals surface area contributed by atoms with E-state index in [-0.39, 0.29) is 18.4 Å². The zero-order valence-electron chi connectivity index (χ0n) is 13.9. The lowest BCUT2D eigenvalue weighted by Crippen LogP contribution is -2.03. The van der Waals surface area contributed by atoms with Crippen LogP contribution >= 0.6 is 0 Å². The Morgan fingerprint density at radius 1 is 1.04 bits per heavy atom. The van der Waals surface area contributed by atoms with Crippen LogP contribution in [0.25, 0.3) is 0 Å². The topological polar surface area (TPSA) is 72.5 Å². The molecule has 0 aliphatic rings. The summed E-state index contributed by atoms with van der Waals surface area (Å²) in [5.41, 5.74) is 7.83. The molecule has 0 spiro atoms. The third kappa shape index (κ3) is 6.98. The van der Waals surface area contributed by atoms with E-state index in [1.807, 2.05) is 68.4 Å². The summed E-state index contributed by atoms with van der Waals surface area (Å²) in [6, 6.07) is 17.7. The average Bonchev–Trinajstić information content (AvgIpc) is 2.55. The van der Waals surface area contributed by atoms with Gasteiger partial charge in [0, 0.05) is 6.04 Å². The molecule has 0 heterocycles. The van der Waals surface area contributed by atoms with Crippen molar-refractivity contribution in [1.29, 1.82) is 0 Å². The molecule has 2 rings (SSSR count). The van der Waals surface area contributed by atoms with Crippen molar-refractivity contribution in [2.24, 2.45) is 5.73 Å². The summed E-state index contributed by atoms with van der Waals surface area (Å²) < 4.78 is 5.01. The summed E-state index contributed by atoms with van der Waals surface area (Å²) in [4.78, 5) is 10.5. The van der Waals surface area contributed by atoms with E-state index in [2.05, 4.69) is 0 Å². The van der Waals surface area contributed by atoms with Gasteiger partial charge in [-0.15, -0.1) is 0 Å². The second kappa shape index (κ2) is 9.64. The maximum absolute atomic E-state index is 10.5. The van der Waals surface area contributed by atoms with Crippen LogP contribution in [-0.4, -0.2) is 18.2 Å². The van der Waals surface area contributed by atoms with Crippen LogP contribution in [0.1, 0.15) is 43.4 Å². The third-order valence-electron chi connectivity index (χ3n) is 3.49. The van der Waals surface area contributed by atoms with Gasteiger partial charge in [0.1, 0.15) is 5.75 Å². The summed E-state index contributed by atoms with van der Waals surface area (Å²) >= 11 is 0. The zero-order valence-corrected chi connectivity index (χ0v) is 13.9. The highest BCUT2D eigenvalue weighted by atomic mass is 16.5. The Morgan fingerprint density at radius 3 is 2.00 bits per heavy atom. The van der Waals surface area contributed by atoms with Crippen LogP contribution < -0.4 is 10.5 Å². The first kappa shape index (κ1) is 18.7. The summed E-state index contributed by atoms with van der Waals surface area (Å²) in [6.07, 6.45) is 0.159. The van der Waals surface area contributed by atoms with E-state index in [1.54, 1.807) is 7.11 Å². The van der Waals surface area contributed by atoms with Gasteiger partial charge < -0.3 is 15.6 Å². The van der Waals surface area contributed by atoms with E-state index in [0.29, 0.717) is 0 Å². The average molecular weight is 315 g/mol. The molecule has 2 unspecified atom stereocenters. The van der Waals surface area contributed by atoms with Crippen LogP contribution in [0.15, 0.2) is 54.6 Å². The van der Waals surface area contributed by atoms with E-state index in [9.17, 15) is 4.79 Å². The number of benzene rings is 2. The number of carboxylic acid groups (broad SMARTS) is 1. The van der Waals surface area contributed by atoms with Crippen LogP contribution in [0.4, 0.5) is 0 Å². The highest BCUT2D eigenvalue weighted by molar-refractivity contribution is 5.67. The molecule has 23 heavy (non-hydrogen) atoms. The number of nitrogens with two attached hydrogens (primary N) is 1. The van der Waals surface area contributed by atoms with Crippen LogP contribution in [0.3, 0.4) is 0 Å². The first-order valence-electron chi connectivity index (χ1n) is 7.60. The number of carbonyl (C=O) groups is 1. The van der Waals surface area contributed by atoms with Crippen molar-refractivity contribution in [2.75, 3.05) is 7.11 Å². The molecular formula is C19H25NO3. The first-order chi connectivity index (χ1) is 10.9. The molecule has 0 aliphatic carbocycles. The predicted octanol–water partition coefficient (Wildman–Crippen LogP) is 3.98. The monoisotopic (exact) mass is 315 g/mol. The van der Waals surface area contributed by atoms with Crippen molar-refractivity contribution in [1.82, 2.24) is 0 Å². The summed E-state index contributed by atoms with van der Waals surface area (Å²) in [5.74, 6) is 0.0583. The fourth-order valence-electron chi connectivity index (χ4n) is 2.07. The number of carboxylic acids is 1. The molecule has 2 aromatic rings. The second-order valence-electron chi connectivity index (χ2n) is 5.47. The third-order valence-corrected chi connectivity index (χ3v) is 3.49. The maximum atomic E-state index is 10.5. The molecule has 0 amide bonds. The molecule has 3 N–H and O–H groups in total. The Bertz CT molecular complexity index is 579.